The number of aromatic hydroxyl groups is 1. The number of hydrogen-bond acceptors (Lipinski definition) is 8. The lowest BCUT2D eigenvalue weighted by Crippen LogP contribution is -1.96. The van der Waals surface area contributed by atoms with E-state index >= 15 is 0 Å². The summed E-state index contributed by atoms with van der Waals surface area (Å²) in [5.41, 5.74) is 0.512. The lowest BCUT2D eigenvalue weighted by atomic mass is 10.2. The third-order valence-corrected chi connectivity index (χ3v) is 2.74. The Bertz CT molecular complexity index is 712. The van der Waals surface area contributed by atoms with Crippen molar-refractivity contribution in [1.82, 2.24) is 9.97 Å². The van der Waals surface area contributed by atoms with Gasteiger partial charge in [-0.1, -0.05) is 0 Å². The van der Waals surface area contributed by atoms with Crippen LogP contribution in [0.25, 0.3) is 0 Å². The van der Waals surface area contributed by atoms with Crippen LogP contribution in [0, 0.1) is 0 Å². The van der Waals surface area contributed by atoms with Crippen molar-refractivity contribution in [2.45, 2.75) is 0 Å². The minimum atomic E-state index is -1.72. The molecule has 0 amide bonds. The first kappa shape index (κ1) is 25.2. The lowest BCUT2D eigenvalue weighted by molar-refractivity contribution is 0.111. The highest BCUT2D eigenvalue weighted by atomic mass is 35.8. The highest BCUT2D eigenvalue weighted by Gasteiger charge is 2.08. The number of rotatable bonds is 5. The van der Waals surface area contributed by atoms with E-state index in [9.17, 15) is 9.59 Å². The van der Waals surface area contributed by atoms with E-state index in [1.165, 1.54) is 46.1 Å². The van der Waals surface area contributed by atoms with Crippen molar-refractivity contribution in [2.75, 3.05) is 21.3 Å². The number of aldehydes is 2. The molecule has 8 nitrogen and oxygen atoms in total. The molecular formula is C15H16AlCl3N2O6. The van der Waals surface area contributed by atoms with Crippen molar-refractivity contribution in [3.05, 3.63) is 35.9 Å². The van der Waals surface area contributed by atoms with Gasteiger partial charge in [0.2, 0.25) is 0 Å². The molecule has 1 N–H and O–H groups in total. The zero-order valence-corrected chi connectivity index (χ0v) is 18.0. The molecule has 0 aromatic carbocycles. The second kappa shape index (κ2) is 14.3. The van der Waals surface area contributed by atoms with E-state index in [2.05, 4.69) is 9.97 Å². The number of nitrogens with zero attached hydrogens (tertiary/aromatic N) is 2. The second-order valence-electron chi connectivity index (χ2n) is 4.22. The maximum Gasteiger partial charge on any atom is 0.643 e. The van der Waals surface area contributed by atoms with E-state index in [4.69, 9.17) is 49.5 Å². The molecule has 27 heavy (non-hydrogen) atoms. The molecule has 146 valence electrons. The largest absolute Gasteiger partial charge is 0.643 e. The molecule has 2 aromatic rings. The smallest absolute Gasteiger partial charge is 0.505 e. The summed E-state index contributed by atoms with van der Waals surface area (Å²) in [6.07, 6.45) is 6.68. The Morgan fingerprint density at radius 1 is 0.815 bits per heavy atom. The Balaban J connectivity index is 0.000000421. The highest BCUT2D eigenvalue weighted by Crippen LogP contribution is 2.24. The van der Waals surface area contributed by atoms with Gasteiger partial charge in [0.1, 0.15) is 16.9 Å². The van der Waals surface area contributed by atoms with Crippen molar-refractivity contribution in [2.24, 2.45) is 0 Å². The zero-order valence-electron chi connectivity index (χ0n) is 14.6. The first-order chi connectivity index (χ1) is 12.9. The minimum Gasteiger partial charge on any atom is -0.505 e. The fourth-order valence-corrected chi connectivity index (χ4v) is 1.60. The number of pyridine rings is 2. The van der Waals surface area contributed by atoms with Gasteiger partial charge in [0.15, 0.2) is 29.8 Å². The van der Waals surface area contributed by atoms with E-state index in [0.29, 0.717) is 29.6 Å². The molecule has 0 atom stereocenters. The number of ether oxygens (including phenoxy) is 3. The number of halogens is 3. The van der Waals surface area contributed by atoms with Crippen molar-refractivity contribution in [3.8, 4) is 23.0 Å². The van der Waals surface area contributed by atoms with Gasteiger partial charge in [-0.2, -0.15) is 0 Å². The maximum atomic E-state index is 10.6. The Hall–Kier alpha value is -1.76. The van der Waals surface area contributed by atoms with Crippen molar-refractivity contribution in [1.29, 1.82) is 0 Å². The lowest BCUT2D eigenvalue weighted by Gasteiger charge is -2.06. The molecule has 0 bridgehead atoms. The predicted molar refractivity (Wildman–Crippen MR) is 104 cm³/mol. The molecule has 2 rings (SSSR count). The summed E-state index contributed by atoms with van der Waals surface area (Å²) in [6.45, 7) is 0. The third-order valence-electron chi connectivity index (χ3n) is 2.74. The fourth-order valence-electron chi connectivity index (χ4n) is 1.60. The summed E-state index contributed by atoms with van der Waals surface area (Å²) in [6, 6.07) is 0. The van der Waals surface area contributed by atoms with Crippen molar-refractivity contribution >= 4 is 54.1 Å². The van der Waals surface area contributed by atoms with Crippen LogP contribution in [-0.4, -0.2) is 60.4 Å². The predicted octanol–water partition coefficient (Wildman–Crippen LogP) is 3.21. The van der Waals surface area contributed by atoms with Crippen LogP contribution in [0.5, 0.6) is 23.0 Å². The van der Waals surface area contributed by atoms with Crippen LogP contribution >= 0.6 is 30.1 Å². The van der Waals surface area contributed by atoms with Crippen molar-refractivity contribution < 1.29 is 28.9 Å². The molecule has 0 aliphatic carbocycles. The minimum absolute atomic E-state index is 0.127. The molecule has 0 unspecified atom stereocenters. The van der Waals surface area contributed by atoms with E-state index in [-0.39, 0.29) is 17.1 Å². The second-order valence-corrected chi connectivity index (χ2v) is 10.6. The standard InChI is InChI=1S/C8H9NO3.C7H7NO3.Al.3ClH/c1-11-7-3-9-4-8(12-2)6(7)5-10;1-11-7-3-8-2-6(10)5(7)4-9;;;;/h3-5H,1-2H3;2-4,10H,1H3;;3*1H/q;;+3;;;/p-3. The summed E-state index contributed by atoms with van der Waals surface area (Å²) in [4.78, 5) is 28.4. The maximum absolute atomic E-state index is 10.6. The molecule has 0 radical (unpaired) electrons. The van der Waals surface area contributed by atoms with Crippen LogP contribution in [0.4, 0.5) is 0 Å². The molecular weight excluding hydrogens is 438 g/mol. The summed E-state index contributed by atoms with van der Waals surface area (Å²) in [5, 5.41) is 9.05. The first-order valence-electron chi connectivity index (χ1n) is 6.95. The fraction of sp³-hybridized carbons (Fsp3) is 0.200. The van der Waals surface area contributed by atoms with Gasteiger partial charge in [0.05, 0.1) is 46.1 Å². The van der Waals surface area contributed by atoms with Crippen LogP contribution in [0.15, 0.2) is 24.8 Å². The van der Waals surface area contributed by atoms with Crippen LogP contribution in [0.1, 0.15) is 20.7 Å². The molecule has 2 heterocycles. The van der Waals surface area contributed by atoms with E-state index in [1.54, 1.807) is 0 Å². The molecule has 2 aromatic heterocycles. The van der Waals surface area contributed by atoms with Gasteiger partial charge >= 0.3 is 11.4 Å². The zero-order chi connectivity index (χ0) is 20.8. The molecule has 0 aliphatic heterocycles. The van der Waals surface area contributed by atoms with Crippen LogP contribution in [-0.2, 0) is 0 Å². The van der Waals surface area contributed by atoms with E-state index < -0.39 is 11.4 Å². The number of methoxy groups -OCH3 is 3. The number of aromatic nitrogens is 2. The van der Waals surface area contributed by atoms with Gasteiger partial charge in [-0.05, 0) is 0 Å². The van der Waals surface area contributed by atoms with Crippen molar-refractivity contribution in [3.63, 3.8) is 0 Å². The summed E-state index contributed by atoms with van der Waals surface area (Å²) in [5.74, 6) is 0.952. The van der Waals surface area contributed by atoms with Crippen LogP contribution in [0.3, 0.4) is 0 Å². The number of hydrogen-bond donors (Lipinski definition) is 1. The first-order valence-corrected chi connectivity index (χ1v) is 12.2. The molecule has 0 saturated carbocycles. The summed E-state index contributed by atoms with van der Waals surface area (Å²) >= 11 is -1.72. The highest BCUT2D eigenvalue weighted by molar-refractivity contribution is 7.54. The van der Waals surface area contributed by atoms with Gasteiger partial charge < -0.3 is 19.3 Å². The van der Waals surface area contributed by atoms with E-state index in [1.807, 2.05) is 0 Å². The van der Waals surface area contributed by atoms with Gasteiger partial charge in [0.25, 0.3) is 0 Å². The Kier molecular flexibility index (Phi) is 13.4. The Labute approximate surface area is 172 Å². The normalized spacial score (nSPS) is 8.81. The Morgan fingerprint density at radius 2 is 1.15 bits per heavy atom. The molecule has 12 heteroatoms. The number of carbonyl (C=O) groups is 2. The van der Waals surface area contributed by atoms with E-state index in [0.717, 1.165) is 0 Å². The van der Waals surface area contributed by atoms with Gasteiger partial charge in [-0.3, -0.25) is 19.6 Å². The summed E-state index contributed by atoms with van der Waals surface area (Å²) < 4.78 is 14.6. The topological polar surface area (TPSA) is 108 Å². The van der Waals surface area contributed by atoms with Crippen LogP contribution < -0.4 is 14.2 Å². The SMILES string of the molecule is COc1cncc(O)c1C=O.COc1cncc(OC)c1C=O.[Cl][Al]([Cl])[Cl]. The molecule has 0 fully saturated rings. The number of carbonyl (C=O) groups excluding carboxylic acids is 2. The average molecular weight is 454 g/mol. The monoisotopic (exact) mass is 452 g/mol. The molecule has 0 saturated heterocycles. The van der Waals surface area contributed by atoms with Gasteiger partial charge in [-0.15, -0.1) is 0 Å². The van der Waals surface area contributed by atoms with Crippen LogP contribution in [0.2, 0.25) is 0 Å². The third kappa shape index (κ3) is 9.13. The average Bonchev–Trinajstić information content (AvgIpc) is 2.66. The Morgan fingerprint density at radius 3 is 1.44 bits per heavy atom. The van der Waals surface area contributed by atoms with Gasteiger partial charge in [-0.25, -0.2) is 30.1 Å². The quantitative estimate of drug-likeness (QED) is 0.543. The van der Waals surface area contributed by atoms with Gasteiger partial charge in [0, 0.05) is 0 Å². The summed E-state index contributed by atoms with van der Waals surface area (Å²) in [7, 11) is 19.2. The molecule has 0 spiro atoms. The molecule has 0 aliphatic rings.